The van der Waals surface area contributed by atoms with Gasteiger partial charge in [0, 0.05) is 12.6 Å². The van der Waals surface area contributed by atoms with E-state index < -0.39 is 0 Å². The molecule has 2 rings (SSSR count). The molecule has 2 fully saturated rings. The monoisotopic (exact) mass is 266 g/mol. The van der Waals surface area contributed by atoms with Gasteiger partial charge in [-0.1, -0.05) is 26.7 Å². The van der Waals surface area contributed by atoms with Crippen LogP contribution in [0.4, 0.5) is 0 Å². The second-order valence-electron chi connectivity index (χ2n) is 7.45. The molecule has 2 aliphatic rings. The Kier molecular flexibility index (Phi) is 6.15. The standard InChI is InChI=1S/C17H34N2/c1-14(2)11-16-5-4-6-17(12-16)19(3)13-15-7-9-18-10-8-15/h14-18H,4-13H2,1-3H3. The molecule has 1 N–H and O–H groups in total. The summed E-state index contributed by atoms with van der Waals surface area (Å²) in [6.07, 6.45) is 10.0. The van der Waals surface area contributed by atoms with Gasteiger partial charge in [-0.25, -0.2) is 0 Å². The van der Waals surface area contributed by atoms with Gasteiger partial charge in [-0.15, -0.1) is 0 Å². The van der Waals surface area contributed by atoms with E-state index in [1.807, 2.05) is 0 Å². The van der Waals surface area contributed by atoms with E-state index in [9.17, 15) is 0 Å². The smallest absolute Gasteiger partial charge is 0.00949 e. The minimum atomic E-state index is 0.868. The van der Waals surface area contributed by atoms with Gasteiger partial charge in [0.1, 0.15) is 0 Å². The summed E-state index contributed by atoms with van der Waals surface area (Å²) in [6, 6.07) is 0.868. The van der Waals surface area contributed by atoms with Gasteiger partial charge >= 0.3 is 0 Å². The maximum absolute atomic E-state index is 3.48. The Bertz CT molecular complexity index is 246. The Hall–Kier alpha value is -0.0800. The van der Waals surface area contributed by atoms with Gasteiger partial charge < -0.3 is 10.2 Å². The molecule has 0 aromatic carbocycles. The average Bonchev–Trinajstić information content (AvgIpc) is 2.39. The first-order valence-corrected chi connectivity index (χ1v) is 8.56. The van der Waals surface area contributed by atoms with Crippen LogP contribution in [0.5, 0.6) is 0 Å². The highest BCUT2D eigenvalue weighted by molar-refractivity contribution is 4.81. The van der Waals surface area contributed by atoms with Crippen LogP contribution in [-0.4, -0.2) is 37.6 Å². The molecule has 0 radical (unpaired) electrons. The quantitative estimate of drug-likeness (QED) is 0.819. The normalized spacial score (nSPS) is 30.2. The third-order valence-electron chi connectivity index (χ3n) is 5.19. The summed E-state index contributed by atoms with van der Waals surface area (Å²) in [4.78, 5) is 2.70. The molecule has 2 heteroatoms. The fraction of sp³-hybridized carbons (Fsp3) is 1.00. The molecule has 1 aliphatic carbocycles. The Morgan fingerprint density at radius 2 is 1.79 bits per heavy atom. The Balaban J connectivity index is 1.75. The lowest BCUT2D eigenvalue weighted by atomic mass is 9.80. The van der Waals surface area contributed by atoms with Crippen molar-refractivity contribution < 1.29 is 0 Å². The van der Waals surface area contributed by atoms with Crippen molar-refractivity contribution in [2.75, 3.05) is 26.7 Å². The summed E-state index contributed by atoms with van der Waals surface area (Å²) in [5.41, 5.74) is 0. The first-order chi connectivity index (χ1) is 9.15. The van der Waals surface area contributed by atoms with Crippen molar-refractivity contribution in [3.05, 3.63) is 0 Å². The summed E-state index contributed by atoms with van der Waals surface area (Å²) in [6.45, 7) is 8.56. The van der Waals surface area contributed by atoms with Crippen molar-refractivity contribution in [1.82, 2.24) is 10.2 Å². The van der Waals surface area contributed by atoms with Gasteiger partial charge in [-0.3, -0.25) is 0 Å². The number of piperidine rings is 1. The number of rotatable bonds is 5. The minimum absolute atomic E-state index is 0.868. The molecule has 2 atom stereocenters. The Morgan fingerprint density at radius 1 is 1.05 bits per heavy atom. The fourth-order valence-electron chi connectivity index (χ4n) is 4.16. The lowest BCUT2D eigenvalue weighted by Crippen LogP contribution is -2.41. The summed E-state index contributed by atoms with van der Waals surface area (Å²) in [5.74, 6) is 2.81. The molecule has 1 saturated carbocycles. The van der Waals surface area contributed by atoms with Crippen LogP contribution < -0.4 is 5.32 Å². The van der Waals surface area contributed by atoms with Gasteiger partial charge in [0.25, 0.3) is 0 Å². The topological polar surface area (TPSA) is 15.3 Å². The van der Waals surface area contributed by atoms with Crippen molar-refractivity contribution in [3.8, 4) is 0 Å². The molecule has 0 bridgehead atoms. The summed E-state index contributed by atoms with van der Waals surface area (Å²) in [7, 11) is 2.38. The van der Waals surface area contributed by atoms with Crippen LogP contribution in [-0.2, 0) is 0 Å². The largest absolute Gasteiger partial charge is 0.317 e. The molecule has 1 aliphatic heterocycles. The van der Waals surface area contributed by atoms with Crippen molar-refractivity contribution >= 4 is 0 Å². The van der Waals surface area contributed by atoms with Crippen molar-refractivity contribution in [2.24, 2.45) is 17.8 Å². The highest BCUT2D eigenvalue weighted by Gasteiger charge is 2.26. The molecule has 112 valence electrons. The fourth-order valence-corrected chi connectivity index (χ4v) is 4.16. The summed E-state index contributed by atoms with van der Waals surface area (Å²) < 4.78 is 0. The zero-order chi connectivity index (χ0) is 13.7. The molecule has 1 heterocycles. The highest BCUT2D eigenvalue weighted by atomic mass is 15.1. The van der Waals surface area contributed by atoms with Crippen LogP contribution >= 0.6 is 0 Å². The van der Waals surface area contributed by atoms with Gasteiger partial charge in [-0.05, 0) is 70.0 Å². The van der Waals surface area contributed by atoms with Crippen LogP contribution in [0.2, 0.25) is 0 Å². The lowest BCUT2D eigenvalue weighted by molar-refractivity contribution is 0.123. The zero-order valence-electron chi connectivity index (χ0n) is 13.3. The highest BCUT2D eigenvalue weighted by Crippen LogP contribution is 2.32. The van der Waals surface area contributed by atoms with Crippen molar-refractivity contribution in [1.29, 1.82) is 0 Å². The van der Waals surface area contributed by atoms with E-state index in [1.165, 1.54) is 64.6 Å². The number of nitrogens with one attached hydrogen (secondary N) is 1. The van der Waals surface area contributed by atoms with Crippen LogP contribution in [0.1, 0.15) is 58.8 Å². The summed E-state index contributed by atoms with van der Waals surface area (Å²) in [5, 5.41) is 3.48. The van der Waals surface area contributed by atoms with E-state index in [-0.39, 0.29) is 0 Å². The first-order valence-electron chi connectivity index (χ1n) is 8.56. The Labute approximate surface area is 120 Å². The van der Waals surface area contributed by atoms with E-state index in [4.69, 9.17) is 0 Å². The van der Waals surface area contributed by atoms with Crippen molar-refractivity contribution in [3.63, 3.8) is 0 Å². The molecule has 0 aromatic rings. The van der Waals surface area contributed by atoms with Crippen LogP contribution in [0.3, 0.4) is 0 Å². The van der Waals surface area contributed by atoms with E-state index in [0.29, 0.717) is 0 Å². The van der Waals surface area contributed by atoms with Gasteiger partial charge in [0.2, 0.25) is 0 Å². The third-order valence-corrected chi connectivity index (χ3v) is 5.19. The van der Waals surface area contributed by atoms with E-state index in [1.54, 1.807) is 0 Å². The van der Waals surface area contributed by atoms with Crippen LogP contribution in [0, 0.1) is 17.8 Å². The average molecular weight is 266 g/mol. The first kappa shape index (κ1) is 15.3. The second kappa shape index (κ2) is 7.64. The molecule has 19 heavy (non-hydrogen) atoms. The molecule has 2 unspecified atom stereocenters. The van der Waals surface area contributed by atoms with Gasteiger partial charge in [0.15, 0.2) is 0 Å². The summed E-state index contributed by atoms with van der Waals surface area (Å²) >= 11 is 0. The van der Waals surface area contributed by atoms with Crippen molar-refractivity contribution in [2.45, 2.75) is 64.8 Å². The van der Waals surface area contributed by atoms with Gasteiger partial charge in [-0.2, -0.15) is 0 Å². The van der Waals surface area contributed by atoms with Crippen LogP contribution in [0.25, 0.3) is 0 Å². The maximum Gasteiger partial charge on any atom is 0.00949 e. The molecule has 2 nitrogen and oxygen atoms in total. The molecule has 0 spiro atoms. The number of nitrogens with zero attached hydrogens (tertiary/aromatic N) is 1. The number of hydrogen-bond donors (Lipinski definition) is 1. The maximum atomic E-state index is 3.48. The minimum Gasteiger partial charge on any atom is -0.317 e. The number of hydrogen-bond acceptors (Lipinski definition) is 2. The van der Waals surface area contributed by atoms with Gasteiger partial charge in [0.05, 0.1) is 0 Å². The predicted molar refractivity (Wildman–Crippen MR) is 83.4 cm³/mol. The third kappa shape index (κ3) is 5.07. The second-order valence-corrected chi connectivity index (χ2v) is 7.45. The predicted octanol–water partition coefficient (Wildman–Crippen LogP) is 3.52. The molecular formula is C17H34N2. The lowest BCUT2D eigenvalue weighted by Gasteiger charge is -2.38. The van der Waals surface area contributed by atoms with E-state index in [2.05, 4.69) is 31.1 Å². The SMILES string of the molecule is CC(C)CC1CCCC(N(C)CC2CCNCC2)C1. The van der Waals surface area contributed by atoms with E-state index in [0.717, 1.165) is 23.8 Å². The molecule has 0 amide bonds. The molecular weight excluding hydrogens is 232 g/mol. The van der Waals surface area contributed by atoms with E-state index >= 15 is 0 Å². The molecule has 0 aromatic heterocycles. The zero-order valence-corrected chi connectivity index (χ0v) is 13.3. The van der Waals surface area contributed by atoms with Crippen LogP contribution in [0.15, 0.2) is 0 Å². The Morgan fingerprint density at radius 3 is 2.47 bits per heavy atom. The molecule has 1 saturated heterocycles.